The second-order valence-corrected chi connectivity index (χ2v) is 3.24. The lowest BCUT2D eigenvalue weighted by Crippen LogP contribution is -2.07. The molecule has 0 rings (SSSR count). The van der Waals surface area contributed by atoms with Gasteiger partial charge in [0.1, 0.15) is 0 Å². The molecule has 0 aromatic heterocycles. The molecule has 16 heavy (non-hydrogen) atoms. The highest BCUT2D eigenvalue weighted by molar-refractivity contribution is 5.89. The molecule has 0 spiro atoms. The summed E-state index contributed by atoms with van der Waals surface area (Å²) in [5.74, 6) is -0.837. The fourth-order valence-electron chi connectivity index (χ4n) is 1.08. The molecule has 0 aliphatic heterocycles. The van der Waals surface area contributed by atoms with Crippen LogP contribution in [0.3, 0.4) is 0 Å². The van der Waals surface area contributed by atoms with Crippen molar-refractivity contribution in [1.82, 2.24) is 0 Å². The number of rotatable bonds is 6. The summed E-state index contributed by atoms with van der Waals surface area (Å²) in [7, 11) is 0. The van der Waals surface area contributed by atoms with Gasteiger partial charge in [0.05, 0.1) is 13.2 Å². The van der Waals surface area contributed by atoms with E-state index in [0.29, 0.717) is 25.2 Å². The highest BCUT2D eigenvalue weighted by Gasteiger charge is 2.09. The molecule has 0 amide bonds. The quantitative estimate of drug-likeness (QED) is 0.513. The van der Waals surface area contributed by atoms with Crippen molar-refractivity contribution >= 4 is 11.9 Å². The van der Waals surface area contributed by atoms with Crippen LogP contribution in [0.4, 0.5) is 0 Å². The van der Waals surface area contributed by atoms with Crippen LogP contribution in [-0.4, -0.2) is 25.2 Å². The number of hydrogen-bond acceptors (Lipinski definition) is 4. The van der Waals surface area contributed by atoms with Gasteiger partial charge in [0, 0.05) is 18.1 Å². The Hall–Kier alpha value is -1.58. The summed E-state index contributed by atoms with van der Waals surface area (Å²) in [6.07, 6.45) is 1.67. The van der Waals surface area contributed by atoms with Gasteiger partial charge in [-0.15, -0.1) is 0 Å². The first-order valence-electron chi connectivity index (χ1n) is 5.20. The molecule has 0 fully saturated rings. The molecule has 0 aliphatic carbocycles. The molecule has 0 radical (unpaired) electrons. The van der Waals surface area contributed by atoms with E-state index in [-0.39, 0.29) is 0 Å². The number of allylic oxidation sites excluding steroid dienone is 1. The molecule has 0 aromatic carbocycles. The minimum Gasteiger partial charge on any atom is -0.463 e. The lowest BCUT2D eigenvalue weighted by molar-refractivity contribution is -0.139. The van der Waals surface area contributed by atoms with E-state index in [2.05, 4.69) is 6.58 Å². The molecule has 0 heterocycles. The molecular formula is C12H18O4. The maximum atomic E-state index is 11.2. The van der Waals surface area contributed by atoms with E-state index < -0.39 is 11.9 Å². The van der Waals surface area contributed by atoms with Crippen molar-refractivity contribution in [3.8, 4) is 0 Å². The first kappa shape index (κ1) is 14.4. The molecule has 0 saturated carbocycles. The van der Waals surface area contributed by atoms with Gasteiger partial charge in [0.25, 0.3) is 0 Å². The predicted octanol–water partition coefficient (Wildman–Crippen LogP) is 2.01. The third-order valence-corrected chi connectivity index (χ3v) is 1.71. The van der Waals surface area contributed by atoms with Crippen molar-refractivity contribution in [3.63, 3.8) is 0 Å². The number of carbonyl (C=O) groups excluding carboxylic acids is 2. The highest BCUT2D eigenvalue weighted by atomic mass is 16.5. The fraction of sp³-hybridized carbons (Fsp3) is 0.500. The monoisotopic (exact) mass is 226 g/mol. The summed E-state index contributed by atoms with van der Waals surface area (Å²) in [6, 6.07) is 0. The average molecular weight is 226 g/mol. The summed E-state index contributed by atoms with van der Waals surface area (Å²) in [5, 5.41) is 0. The van der Waals surface area contributed by atoms with Gasteiger partial charge >= 0.3 is 11.9 Å². The SMILES string of the molecule is C=C(C/C(C)=C/C(=O)OCC)C(=O)OCC. The van der Waals surface area contributed by atoms with Gasteiger partial charge in [-0.2, -0.15) is 0 Å². The Balaban J connectivity index is 4.23. The van der Waals surface area contributed by atoms with E-state index in [1.807, 2.05) is 0 Å². The number of esters is 2. The summed E-state index contributed by atoms with van der Waals surface area (Å²) < 4.78 is 9.52. The van der Waals surface area contributed by atoms with Crippen LogP contribution in [0.5, 0.6) is 0 Å². The first-order valence-corrected chi connectivity index (χ1v) is 5.20. The van der Waals surface area contributed by atoms with Crippen molar-refractivity contribution in [1.29, 1.82) is 0 Å². The third kappa shape index (κ3) is 6.01. The van der Waals surface area contributed by atoms with Crippen LogP contribution in [0, 0.1) is 0 Å². The van der Waals surface area contributed by atoms with E-state index in [1.165, 1.54) is 6.08 Å². The van der Waals surface area contributed by atoms with Gasteiger partial charge in [-0.1, -0.05) is 12.2 Å². The highest BCUT2D eigenvalue weighted by Crippen LogP contribution is 2.10. The average Bonchev–Trinajstić information content (AvgIpc) is 2.17. The second kappa shape index (κ2) is 7.68. The summed E-state index contributed by atoms with van der Waals surface area (Å²) in [6.45, 7) is 9.45. The summed E-state index contributed by atoms with van der Waals surface area (Å²) in [4.78, 5) is 22.3. The number of carbonyl (C=O) groups is 2. The Morgan fingerprint density at radius 2 is 1.75 bits per heavy atom. The van der Waals surface area contributed by atoms with Gasteiger partial charge in [0.2, 0.25) is 0 Å². The first-order chi connectivity index (χ1) is 7.51. The van der Waals surface area contributed by atoms with Crippen molar-refractivity contribution < 1.29 is 19.1 Å². The maximum Gasteiger partial charge on any atom is 0.333 e. The van der Waals surface area contributed by atoms with Gasteiger partial charge in [0.15, 0.2) is 0 Å². The lowest BCUT2D eigenvalue weighted by atomic mass is 10.1. The van der Waals surface area contributed by atoms with Crippen LogP contribution in [0.15, 0.2) is 23.8 Å². The van der Waals surface area contributed by atoms with Crippen LogP contribution < -0.4 is 0 Å². The van der Waals surface area contributed by atoms with Gasteiger partial charge in [-0.3, -0.25) is 0 Å². The van der Waals surface area contributed by atoms with E-state index in [1.54, 1.807) is 20.8 Å². The van der Waals surface area contributed by atoms with E-state index >= 15 is 0 Å². The molecule has 0 N–H and O–H groups in total. The zero-order valence-electron chi connectivity index (χ0n) is 10.0. The minimum atomic E-state index is -0.431. The number of hydrogen-bond donors (Lipinski definition) is 0. The third-order valence-electron chi connectivity index (χ3n) is 1.71. The van der Waals surface area contributed by atoms with E-state index in [4.69, 9.17) is 9.47 Å². The zero-order chi connectivity index (χ0) is 12.6. The van der Waals surface area contributed by atoms with Gasteiger partial charge in [-0.05, 0) is 20.8 Å². The lowest BCUT2D eigenvalue weighted by Gasteiger charge is -2.05. The smallest absolute Gasteiger partial charge is 0.333 e. The molecule has 0 aliphatic rings. The molecular weight excluding hydrogens is 208 g/mol. The Bertz CT molecular complexity index is 302. The van der Waals surface area contributed by atoms with Crippen LogP contribution in [-0.2, 0) is 19.1 Å². The van der Waals surface area contributed by atoms with Crippen molar-refractivity contribution in [2.45, 2.75) is 27.2 Å². The van der Waals surface area contributed by atoms with E-state index in [9.17, 15) is 9.59 Å². The zero-order valence-corrected chi connectivity index (χ0v) is 10.0. The largest absolute Gasteiger partial charge is 0.463 e. The standard InChI is InChI=1S/C12H18O4/c1-5-15-11(13)8-9(3)7-10(4)12(14)16-6-2/h8H,4-7H2,1-3H3/b9-8+. The van der Waals surface area contributed by atoms with Crippen molar-refractivity contribution in [3.05, 3.63) is 23.8 Å². The van der Waals surface area contributed by atoms with Crippen LogP contribution in [0.25, 0.3) is 0 Å². The molecule has 4 nitrogen and oxygen atoms in total. The van der Waals surface area contributed by atoms with Crippen LogP contribution >= 0.6 is 0 Å². The molecule has 90 valence electrons. The van der Waals surface area contributed by atoms with E-state index in [0.717, 1.165) is 5.57 Å². The normalized spacial score (nSPS) is 10.8. The topological polar surface area (TPSA) is 52.6 Å². The number of ether oxygens (including phenoxy) is 2. The molecule has 0 unspecified atom stereocenters. The van der Waals surface area contributed by atoms with Crippen LogP contribution in [0.2, 0.25) is 0 Å². The van der Waals surface area contributed by atoms with Crippen LogP contribution in [0.1, 0.15) is 27.2 Å². The van der Waals surface area contributed by atoms with Gasteiger partial charge in [-0.25, -0.2) is 9.59 Å². The Morgan fingerprint density at radius 1 is 1.19 bits per heavy atom. The van der Waals surface area contributed by atoms with Crippen molar-refractivity contribution in [2.75, 3.05) is 13.2 Å². The second-order valence-electron chi connectivity index (χ2n) is 3.24. The summed E-state index contributed by atoms with van der Waals surface area (Å²) >= 11 is 0. The molecule has 0 saturated heterocycles. The Labute approximate surface area is 95.9 Å². The van der Waals surface area contributed by atoms with Crippen molar-refractivity contribution in [2.24, 2.45) is 0 Å². The Kier molecular flexibility index (Phi) is 6.92. The minimum absolute atomic E-state index is 0.317. The predicted molar refractivity (Wildman–Crippen MR) is 60.8 cm³/mol. The molecule has 0 atom stereocenters. The fourth-order valence-corrected chi connectivity index (χ4v) is 1.08. The maximum absolute atomic E-state index is 11.2. The summed E-state index contributed by atoms with van der Waals surface area (Å²) in [5.41, 5.74) is 1.05. The molecule has 4 heteroatoms. The Morgan fingerprint density at radius 3 is 2.25 bits per heavy atom. The van der Waals surface area contributed by atoms with Gasteiger partial charge < -0.3 is 9.47 Å². The molecule has 0 bridgehead atoms. The molecule has 0 aromatic rings.